The van der Waals surface area contributed by atoms with Crippen molar-refractivity contribution >= 4 is 10.9 Å². The van der Waals surface area contributed by atoms with Crippen LogP contribution in [0.25, 0.3) is 10.9 Å². The lowest BCUT2D eigenvalue weighted by Crippen LogP contribution is -2.22. The van der Waals surface area contributed by atoms with Gasteiger partial charge in [-0.2, -0.15) is 0 Å². The smallest absolute Gasteiger partial charge is 0.198 e. The lowest BCUT2D eigenvalue weighted by molar-refractivity contribution is 0.108. The molecular formula is C12H9F2NO2. The monoisotopic (exact) mass is 237 g/mol. The third-order valence-corrected chi connectivity index (χ3v) is 2.99. The standard InChI is InChI=1S/C12H9F2NO2/c13-7-1-2-8(14)11-10(7)12(16)6-5-17-4-3-9(6)15-11/h1-2H,3-5H2,(H,15,16). The van der Waals surface area contributed by atoms with E-state index in [-0.39, 0.29) is 17.5 Å². The summed E-state index contributed by atoms with van der Waals surface area (Å²) in [4.78, 5) is 14.8. The number of hydrogen-bond acceptors (Lipinski definition) is 2. The minimum atomic E-state index is -0.712. The number of pyridine rings is 1. The van der Waals surface area contributed by atoms with Gasteiger partial charge in [-0.25, -0.2) is 8.78 Å². The molecule has 0 radical (unpaired) electrons. The molecule has 0 saturated heterocycles. The van der Waals surface area contributed by atoms with E-state index in [0.29, 0.717) is 24.3 Å². The van der Waals surface area contributed by atoms with Gasteiger partial charge in [-0.1, -0.05) is 0 Å². The number of aromatic nitrogens is 1. The molecule has 2 aromatic rings. The van der Waals surface area contributed by atoms with Crippen LogP contribution < -0.4 is 5.43 Å². The molecule has 17 heavy (non-hydrogen) atoms. The summed E-state index contributed by atoms with van der Waals surface area (Å²) in [7, 11) is 0. The third kappa shape index (κ3) is 1.46. The van der Waals surface area contributed by atoms with Gasteiger partial charge in [0.05, 0.1) is 24.1 Å². The highest BCUT2D eigenvalue weighted by atomic mass is 19.1. The Labute approximate surface area is 95.0 Å². The van der Waals surface area contributed by atoms with Crippen LogP contribution in [-0.4, -0.2) is 11.6 Å². The van der Waals surface area contributed by atoms with Crippen LogP contribution in [0.4, 0.5) is 8.78 Å². The fourth-order valence-electron chi connectivity index (χ4n) is 2.12. The molecule has 0 aliphatic carbocycles. The zero-order valence-electron chi connectivity index (χ0n) is 8.85. The first-order valence-corrected chi connectivity index (χ1v) is 5.28. The van der Waals surface area contributed by atoms with Crippen molar-refractivity contribution in [1.82, 2.24) is 4.98 Å². The molecule has 1 N–H and O–H groups in total. The van der Waals surface area contributed by atoms with Crippen molar-refractivity contribution in [2.45, 2.75) is 13.0 Å². The predicted octanol–water partition coefficient (Wildman–Crippen LogP) is 1.88. The van der Waals surface area contributed by atoms with Crippen LogP contribution >= 0.6 is 0 Å². The van der Waals surface area contributed by atoms with Crippen molar-refractivity contribution in [3.05, 3.63) is 45.2 Å². The third-order valence-electron chi connectivity index (χ3n) is 2.99. The molecule has 0 amide bonds. The average Bonchev–Trinajstić information content (AvgIpc) is 2.34. The Morgan fingerprint density at radius 2 is 2.00 bits per heavy atom. The highest BCUT2D eigenvalue weighted by Crippen LogP contribution is 2.20. The lowest BCUT2D eigenvalue weighted by atomic mass is 10.0. The number of nitrogens with one attached hydrogen (secondary N) is 1. The van der Waals surface area contributed by atoms with Gasteiger partial charge in [-0.3, -0.25) is 4.79 Å². The van der Waals surface area contributed by atoms with Crippen LogP contribution in [0.5, 0.6) is 0 Å². The van der Waals surface area contributed by atoms with Crippen molar-refractivity contribution in [2.24, 2.45) is 0 Å². The van der Waals surface area contributed by atoms with Gasteiger partial charge in [0.2, 0.25) is 0 Å². The Bertz CT molecular complexity index is 664. The molecule has 2 heterocycles. The molecule has 0 fully saturated rings. The van der Waals surface area contributed by atoms with Crippen LogP contribution in [0.3, 0.4) is 0 Å². The number of fused-ring (bicyclic) bond motifs is 2. The van der Waals surface area contributed by atoms with Gasteiger partial charge in [0.25, 0.3) is 0 Å². The normalized spacial score (nSPS) is 14.9. The van der Waals surface area contributed by atoms with Crippen molar-refractivity contribution in [3.8, 4) is 0 Å². The fourth-order valence-corrected chi connectivity index (χ4v) is 2.12. The molecule has 1 aliphatic heterocycles. The Hall–Kier alpha value is -1.75. The van der Waals surface area contributed by atoms with E-state index in [0.717, 1.165) is 12.1 Å². The Balaban J connectivity index is 2.48. The minimum Gasteiger partial charge on any atom is -0.376 e. The molecule has 5 heteroatoms. The van der Waals surface area contributed by atoms with Crippen LogP contribution in [-0.2, 0) is 17.8 Å². The quantitative estimate of drug-likeness (QED) is 0.760. The number of aromatic amines is 1. The first-order valence-electron chi connectivity index (χ1n) is 5.28. The van der Waals surface area contributed by atoms with E-state index >= 15 is 0 Å². The number of H-pyrrole nitrogens is 1. The maximum absolute atomic E-state index is 13.6. The molecule has 0 atom stereocenters. The molecule has 0 spiro atoms. The van der Waals surface area contributed by atoms with Gasteiger partial charge >= 0.3 is 0 Å². The van der Waals surface area contributed by atoms with E-state index in [1.54, 1.807) is 0 Å². The summed E-state index contributed by atoms with van der Waals surface area (Å²) in [5, 5.41) is -0.228. The molecule has 1 aliphatic rings. The predicted molar refractivity (Wildman–Crippen MR) is 57.8 cm³/mol. The van der Waals surface area contributed by atoms with Crippen molar-refractivity contribution < 1.29 is 13.5 Å². The Morgan fingerprint density at radius 1 is 1.24 bits per heavy atom. The van der Waals surface area contributed by atoms with Gasteiger partial charge in [0, 0.05) is 17.7 Å². The first-order chi connectivity index (χ1) is 8.18. The molecule has 1 aromatic carbocycles. The summed E-state index contributed by atoms with van der Waals surface area (Å²) in [5.74, 6) is -1.33. The van der Waals surface area contributed by atoms with Crippen molar-refractivity contribution in [2.75, 3.05) is 6.61 Å². The summed E-state index contributed by atoms with van der Waals surface area (Å²) < 4.78 is 32.3. The average molecular weight is 237 g/mol. The number of halogens is 2. The molecule has 0 unspecified atom stereocenters. The second-order valence-corrected chi connectivity index (χ2v) is 3.99. The first kappa shape index (κ1) is 10.4. The van der Waals surface area contributed by atoms with Gasteiger partial charge in [-0.05, 0) is 12.1 Å². The second-order valence-electron chi connectivity index (χ2n) is 3.99. The molecule has 3 rings (SSSR count). The lowest BCUT2D eigenvalue weighted by Gasteiger charge is -2.16. The highest BCUT2D eigenvalue weighted by molar-refractivity contribution is 5.80. The van der Waals surface area contributed by atoms with Crippen LogP contribution in [0.15, 0.2) is 16.9 Å². The molecule has 1 aromatic heterocycles. The summed E-state index contributed by atoms with van der Waals surface area (Å²) >= 11 is 0. The van der Waals surface area contributed by atoms with Crippen molar-refractivity contribution in [1.29, 1.82) is 0 Å². The number of hydrogen-bond donors (Lipinski definition) is 1. The Morgan fingerprint density at radius 3 is 2.82 bits per heavy atom. The SMILES string of the molecule is O=c1c2c([nH]c3c(F)ccc(F)c13)CCOC2. The topological polar surface area (TPSA) is 42.1 Å². The largest absolute Gasteiger partial charge is 0.376 e. The maximum Gasteiger partial charge on any atom is 0.198 e. The molecule has 0 saturated carbocycles. The summed E-state index contributed by atoms with van der Waals surface area (Å²) in [5.41, 5.74) is 0.493. The van der Waals surface area contributed by atoms with Gasteiger partial charge in [-0.15, -0.1) is 0 Å². The molecule has 88 valence electrons. The fraction of sp³-hybridized carbons (Fsp3) is 0.250. The summed E-state index contributed by atoms with van der Waals surface area (Å²) in [6.45, 7) is 0.627. The summed E-state index contributed by atoms with van der Waals surface area (Å²) in [6, 6.07) is 1.97. The zero-order chi connectivity index (χ0) is 12.0. The van der Waals surface area contributed by atoms with Gasteiger partial charge < -0.3 is 9.72 Å². The molecule has 3 nitrogen and oxygen atoms in total. The summed E-state index contributed by atoms with van der Waals surface area (Å²) in [6.07, 6.45) is 0.510. The number of ether oxygens (including phenoxy) is 1. The van der Waals surface area contributed by atoms with E-state index in [1.165, 1.54) is 0 Å². The number of benzene rings is 1. The highest BCUT2D eigenvalue weighted by Gasteiger charge is 2.19. The van der Waals surface area contributed by atoms with Crippen LogP contribution in [0, 0.1) is 11.6 Å². The van der Waals surface area contributed by atoms with E-state index in [2.05, 4.69) is 4.98 Å². The molecule has 0 bridgehead atoms. The van der Waals surface area contributed by atoms with E-state index in [1.807, 2.05) is 0 Å². The van der Waals surface area contributed by atoms with Crippen LogP contribution in [0.2, 0.25) is 0 Å². The van der Waals surface area contributed by atoms with Gasteiger partial charge in [0.1, 0.15) is 11.6 Å². The maximum atomic E-state index is 13.6. The van der Waals surface area contributed by atoms with Crippen molar-refractivity contribution in [3.63, 3.8) is 0 Å². The van der Waals surface area contributed by atoms with E-state index < -0.39 is 17.1 Å². The van der Waals surface area contributed by atoms with Gasteiger partial charge in [0.15, 0.2) is 5.43 Å². The second kappa shape index (κ2) is 3.63. The zero-order valence-corrected chi connectivity index (χ0v) is 8.85. The minimum absolute atomic E-state index is 0.0596. The van der Waals surface area contributed by atoms with E-state index in [9.17, 15) is 13.6 Å². The molecular weight excluding hydrogens is 228 g/mol. The number of rotatable bonds is 0. The van der Waals surface area contributed by atoms with Crippen LogP contribution in [0.1, 0.15) is 11.3 Å². The Kier molecular flexibility index (Phi) is 2.22. The van der Waals surface area contributed by atoms with E-state index in [4.69, 9.17) is 4.74 Å².